The van der Waals surface area contributed by atoms with Crippen molar-refractivity contribution in [3.8, 4) is 0 Å². The van der Waals surface area contributed by atoms with Crippen LogP contribution >= 0.6 is 0 Å². The molecule has 0 aliphatic carbocycles. The Balaban J connectivity index is 0.000000550. The molecule has 12 heteroatoms. The Morgan fingerprint density at radius 1 is 1.20 bits per heavy atom. The number of Topliss-reactive ketones (excluding diaryl/α,β-unsaturated/α-hetero) is 1. The van der Waals surface area contributed by atoms with Crippen molar-refractivity contribution in [1.29, 1.82) is 0 Å². The van der Waals surface area contributed by atoms with Crippen molar-refractivity contribution in [3.05, 3.63) is 27.2 Å². The molecule has 2 heterocycles. The van der Waals surface area contributed by atoms with Crippen molar-refractivity contribution in [2.75, 3.05) is 0 Å². The van der Waals surface area contributed by atoms with Crippen LogP contribution in [-0.4, -0.2) is 42.0 Å². The van der Waals surface area contributed by atoms with Crippen LogP contribution in [0.2, 0.25) is 0 Å². The highest BCUT2D eigenvalue weighted by Crippen LogP contribution is 2.04. The predicted molar refractivity (Wildman–Crippen MR) is 88.9 cm³/mol. The minimum atomic E-state index is -4.67. The number of ketones is 1. The standard InChI is InChI=1S/C13H18N4O3.H2O4S/c1-9(18)6-4-5-7-17-12(19)10-11(14-8-15(10)2)16(3)13(17)20;1-5(2,3)4/h8H,4-7H2,1-3H3;(H2,1,2,3,4). The second-order valence-corrected chi connectivity index (χ2v) is 6.33. The summed E-state index contributed by atoms with van der Waals surface area (Å²) in [6, 6.07) is 0. The fraction of sp³-hybridized carbons (Fsp3) is 0.538. The number of hydrogen-bond acceptors (Lipinski definition) is 6. The van der Waals surface area contributed by atoms with E-state index in [0.29, 0.717) is 37.0 Å². The Labute approximate surface area is 143 Å². The SMILES string of the molecule is CC(=O)CCCCn1c(=O)c2c(ncn2C)n(C)c1=O.O=S(=O)(O)O. The number of carbonyl (C=O) groups excluding carboxylic acids is 1. The smallest absolute Gasteiger partial charge is 0.328 e. The molecular weight excluding hydrogens is 356 g/mol. The molecule has 25 heavy (non-hydrogen) atoms. The molecule has 0 aromatic carbocycles. The second-order valence-electron chi connectivity index (χ2n) is 5.43. The summed E-state index contributed by atoms with van der Waals surface area (Å²) in [5.74, 6) is 0.118. The highest BCUT2D eigenvalue weighted by molar-refractivity contribution is 7.79. The van der Waals surface area contributed by atoms with Gasteiger partial charge >= 0.3 is 16.1 Å². The maximum Gasteiger partial charge on any atom is 0.394 e. The number of imidazole rings is 1. The molecule has 0 saturated heterocycles. The van der Waals surface area contributed by atoms with E-state index in [0.717, 1.165) is 0 Å². The first kappa shape index (κ1) is 20.7. The monoisotopic (exact) mass is 376 g/mol. The zero-order valence-electron chi connectivity index (χ0n) is 14.0. The molecule has 0 amide bonds. The third kappa shape index (κ3) is 5.92. The molecule has 2 aromatic rings. The number of rotatable bonds is 5. The molecule has 0 bridgehead atoms. The van der Waals surface area contributed by atoms with Gasteiger partial charge in [-0.15, -0.1) is 0 Å². The maximum atomic E-state index is 12.3. The van der Waals surface area contributed by atoms with Gasteiger partial charge in [-0.05, 0) is 19.8 Å². The maximum absolute atomic E-state index is 12.3. The first-order chi connectivity index (χ1) is 11.4. The quantitative estimate of drug-likeness (QED) is 0.525. The largest absolute Gasteiger partial charge is 0.394 e. The summed E-state index contributed by atoms with van der Waals surface area (Å²) >= 11 is 0. The van der Waals surface area contributed by atoms with Gasteiger partial charge in [0, 0.05) is 27.1 Å². The van der Waals surface area contributed by atoms with Crippen molar-refractivity contribution < 1.29 is 22.3 Å². The van der Waals surface area contributed by atoms with Crippen LogP contribution < -0.4 is 11.2 Å². The van der Waals surface area contributed by atoms with E-state index >= 15 is 0 Å². The Morgan fingerprint density at radius 2 is 1.76 bits per heavy atom. The van der Waals surface area contributed by atoms with E-state index in [9.17, 15) is 14.4 Å². The van der Waals surface area contributed by atoms with Crippen LogP contribution in [0.1, 0.15) is 26.2 Å². The zero-order chi connectivity index (χ0) is 19.4. The molecule has 11 nitrogen and oxygen atoms in total. The van der Waals surface area contributed by atoms with E-state index in [-0.39, 0.29) is 17.0 Å². The molecule has 2 aromatic heterocycles. The molecule has 0 spiro atoms. The van der Waals surface area contributed by atoms with E-state index in [1.54, 1.807) is 18.7 Å². The summed E-state index contributed by atoms with van der Waals surface area (Å²) < 4.78 is 35.8. The number of carbonyl (C=O) groups is 1. The lowest BCUT2D eigenvalue weighted by molar-refractivity contribution is -0.117. The van der Waals surface area contributed by atoms with Gasteiger partial charge in [-0.3, -0.25) is 23.0 Å². The van der Waals surface area contributed by atoms with Crippen molar-refractivity contribution in [2.45, 2.75) is 32.7 Å². The highest BCUT2D eigenvalue weighted by Gasteiger charge is 2.14. The van der Waals surface area contributed by atoms with Crippen molar-refractivity contribution in [1.82, 2.24) is 18.7 Å². The van der Waals surface area contributed by atoms with Gasteiger partial charge in [0.05, 0.1) is 6.33 Å². The summed E-state index contributed by atoms with van der Waals surface area (Å²) in [5, 5.41) is 0. The number of unbranched alkanes of at least 4 members (excludes halogenated alkanes) is 1. The average molecular weight is 376 g/mol. The predicted octanol–water partition coefficient (Wildman–Crippen LogP) is -0.460. The normalized spacial score (nSPS) is 11.2. The molecule has 0 fully saturated rings. The molecule has 0 unspecified atom stereocenters. The average Bonchev–Trinajstić information content (AvgIpc) is 2.84. The Bertz CT molecular complexity index is 976. The molecule has 0 atom stereocenters. The third-order valence-electron chi connectivity index (χ3n) is 3.36. The number of nitrogens with zero attached hydrogens (tertiary/aromatic N) is 4. The second kappa shape index (κ2) is 8.18. The third-order valence-corrected chi connectivity index (χ3v) is 3.36. The molecule has 2 N–H and O–H groups in total. The first-order valence-corrected chi connectivity index (χ1v) is 8.63. The van der Waals surface area contributed by atoms with Crippen LogP contribution in [0.4, 0.5) is 0 Å². The van der Waals surface area contributed by atoms with E-state index < -0.39 is 10.4 Å². The van der Waals surface area contributed by atoms with Gasteiger partial charge < -0.3 is 9.36 Å². The zero-order valence-corrected chi connectivity index (χ0v) is 14.9. The summed E-state index contributed by atoms with van der Waals surface area (Å²) in [4.78, 5) is 39.4. The molecule has 2 rings (SSSR count). The lowest BCUT2D eigenvalue weighted by Gasteiger charge is -2.08. The summed E-state index contributed by atoms with van der Waals surface area (Å²) in [7, 11) is -1.34. The van der Waals surface area contributed by atoms with Crippen LogP contribution in [0.5, 0.6) is 0 Å². The van der Waals surface area contributed by atoms with Crippen LogP contribution in [0.25, 0.3) is 11.2 Å². The minimum Gasteiger partial charge on any atom is -0.328 e. The van der Waals surface area contributed by atoms with Gasteiger partial charge in [-0.1, -0.05) is 0 Å². The van der Waals surface area contributed by atoms with E-state index in [4.69, 9.17) is 17.5 Å². The Kier molecular flexibility index (Phi) is 6.78. The molecule has 0 radical (unpaired) electrons. The van der Waals surface area contributed by atoms with Crippen molar-refractivity contribution in [2.24, 2.45) is 14.1 Å². The summed E-state index contributed by atoms with van der Waals surface area (Å²) in [6.45, 7) is 1.85. The number of aromatic nitrogens is 4. The molecule has 0 aliphatic heterocycles. The molecule has 0 aliphatic rings. The van der Waals surface area contributed by atoms with Crippen LogP contribution in [0.3, 0.4) is 0 Å². The molecule has 140 valence electrons. The van der Waals surface area contributed by atoms with Gasteiger partial charge in [0.15, 0.2) is 11.2 Å². The first-order valence-electron chi connectivity index (χ1n) is 7.23. The topological polar surface area (TPSA) is 153 Å². The Hall–Kier alpha value is -2.31. The van der Waals surface area contributed by atoms with Crippen molar-refractivity contribution in [3.63, 3.8) is 0 Å². The van der Waals surface area contributed by atoms with Gasteiger partial charge in [0.25, 0.3) is 5.56 Å². The number of aryl methyl sites for hydroxylation is 2. The lowest BCUT2D eigenvalue weighted by Crippen LogP contribution is -2.39. The number of fused-ring (bicyclic) bond motifs is 1. The Morgan fingerprint density at radius 3 is 2.28 bits per heavy atom. The molecular formula is C13H20N4O7S. The van der Waals surface area contributed by atoms with Crippen molar-refractivity contribution >= 4 is 27.3 Å². The summed E-state index contributed by atoms with van der Waals surface area (Å²) in [6.07, 6.45) is 3.29. The lowest BCUT2D eigenvalue weighted by atomic mass is 10.2. The van der Waals surface area contributed by atoms with E-state index in [2.05, 4.69) is 4.98 Å². The summed E-state index contributed by atoms with van der Waals surface area (Å²) in [5.41, 5.74) is 0.108. The van der Waals surface area contributed by atoms with Gasteiger partial charge in [-0.2, -0.15) is 8.42 Å². The van der Waals surface area contributed by atoms with Crippen LogP contribution in [-0.2, 0) is 35.8 Å². The van der Waals surface area contributed by atoms with E-state index in [1.165, 1.54) is 22.4 Å². The molecule has 0 saturated carbocycles. The van der Waals surface area contributed by atoms with Crippen LogP contribution in [0.15, 0.2) is 15.9 Å². The fourth-order valence-corrected chi connectivity index (χ4v) is 2.24. The highest BCUT2D eigenvalue weighted by atomic mass is 32.3. The van der Waals surface area contributed by atoms with Gasteiger partial charge in [-0.25, -0.2) is 9.78 Å². The van der Waals surface area contributed by atoms with Crippen LogP contribution in [0, 0.1) is 0 Å². The van der Waals surface area contributed by atoms with Gasteiger partial charge in [0.1, 0.15) is 5.78 Å². The van der Waals surface area contributed by atoms with Gasteiger partial charge in [0.2, 0.25) is 0 Å². The fourth-order valence-electron chi connectivity index (χ4n) is 2.24. The minimum absolute atomic E-state index is 0.118. The van der Waals surface area contributed by atoms with E-state index in [1.807, 2.05) is 0 Å². The number of hydrogen-bond donors (Lipinski definition) is 2.